The predicted octanol–water partition coefficient (Wildman–Crippen LogP) is 3.57. The fraction of sp³-hybridized carbons (Fsp3) is 0.211. The molecule has 1 N–H and O–H groups in total. The Morgan fingerprint density at radius 3 is 2.67 bits per heavy atom. The fourth-order valence-electron chi connectivity index (χ4n) is 2.48. The molecule has 3 rings (SSSR count). The number of carbonyl (C=O) groups excluding carboxylic acids is 1. The first kappa shape index (κ1) is 15.9. The number of fused-ring (bicyclic) bond motifs is 1. The number of hydrogen-bond acceptors (Lipinski definition) is 4. The van der Waals surface area contributed by atoms with Gasteiger partial charge in [0.15, 0.2) is 6.61 Å². The molecule has 1 aromatic heterocycles. The van der Waals surface area contributed by atoms with Crippen LogP contribution in [-0.4, -0.2) is 22.5 Å². The molecule has 5 heteroatoms. The standard InChI is InChI=1S/C19H19N3O2/c1-12-7-6-10-16(13(12)2)22-18(23)11-24-19-15-8-4-5-9-17(15)20-14(3)21-19/h4-10H,11H2,1-3H3,(H,22,23). The molecular formula is C19H19N3O2. The number of amides is 1. The van der Waals surface area contributed by atoms with Gasteiger partial charge in [-0.25, -0.2) is 4.98 Å². The molecule has 1 heterocycles. The molecule has 5 nitrogen and oxygen atoms in total. The van der Waals surface area contributed by atoms with Crippen LogP contribution in [0.5, 0.6) is 5.88 Å². The molecule has 0 saturated carbocycles. The second kappa shape index (κ2) is 6.66. The third-order valence-electron chi connectivity index (χ3n) is 3.90. The van der Waals surface area contributed by atoms with E-state index in [2.05, 4.69) is 15.3 Å². The number of aryl methyl sites for hydroxylation is 2. The van der Waals surface area contributed by atoms with Gasteiger partial charge >= 0.3 is 0 Å². The number of nitrogens with zero attached hydrogens (tertiary/aromatic N) is 2. The van der Waals surface area contributed by atoms with Crippen LogP contribution in [0.3, 0.4) is 0 Å². The van der Waals surface area contributed by atoms with Gasteiger partial charge < -0.3 is 10.1 Å². The number of rotatable bonds is 4. The maximum Gasteiger partial charge on any atom is 0.262 e. The van der Waals surface area contributed by atoms with Crippen molar-refractivity contribution >= 4 is 22.5 Å². The number of aromatic nitrogens is 2. The van der Waals surface area contributed by atoms with Crippen LogP contribution in [0.1, 0.15) is 17.0 Å². The van der Waals surface area contributed by atoms with Crippen LogP contribution in [0.15, 0.2) is 42.5 Å². The first-order valence-electron chi connectivity index (χ1n) is 7.77. The Morgan fingerprint density at radius 2 is 1.83 bits per heavy atom. The van der Waals surface area contributed by atoms with Crippen LogP contribution < -0.4 is 10.1 Å². The number of hydrogen-bond donors (Lipinski definition) is 1. The van der Waals surface area contributed by atoms with Gasteiger partial charge in [0, 0.05) is 5.69 Å². The van der Waals surface area contributed by atoms with Crippen LogP contribution in [0, 0.1) is 20.8 Å². The molecule has 0 spiro atoms. The van der Waals surface area contributed by atoms with E-state index in [4.69, 9.17) is 4.74 Å². The molecule has 3 aromatic rings. The highest BCUT2D eigenvalue weighted by molar-refractivity contribution is 5.93. The third kappa shape index (κ3) is 3.35. The van der Waals surface area contributed by atoms with Crippen molar-refractivity contribution in [1.82, 2.24) is 9.97 Å². The highest BCUT2D eigenvalue weighted by Crippen LogP contribution is 2.22. The molecule has 122 valence electrons. The summed E-state index contributed by atoms with van der Waals surface area (Å²) >= 11 is 0. The van der Waals surface area contributed by atoms with Gasteiger partial charge in [-0.3, -0.25) is 4.79 Å². The van der Waals surface area contributed by atoms with Crippen LogP contribution in [0.25, 0.3) is 10.9 Å². The lowest BCUT2D eigenvalue weighted by Crippen LogP contribution is -2.21. The molecule has 0 atom stereocenters. The Balaban J connectivity index is 1.74. The van der Waals surface area contributed by atoms with Gasteiger partial charge in [0.1, 0.15) is 5.82 Å². The highest BCUT2D eigenvalue weighted by atomic mass is 16.5. The van der Waals surface area contributed by atoms with Gasteiger partial charge in [-0.05, 0) is 50.1 Å². The predicted molar refractivity (Wildman–Crippen MR) is 94.3 cm³/mol. The zero-order chi connectivity index (χ0) is 17.1. The number of para-hydroxylation sites is 1. The number of anilines is 1. The Labute approximate surface area is 140 Å². The van der Waals surface area contributed by atoms with Gasteiger partial charge in [0.2, 0.25) is 5.88 Å². The van der Waals surface area contributed by atoms with E-state index >= 15 is 0 Å². The summed E-state index contributed by atoms with van der Waals surface area (Å²) in [5.74, 6) is 0.817. The molecule has 0 aliphatic carbocycles. The largest absolute Gasteiger partial charge is 0.467 e. The number of ether oxygens (including phenoxy) is 1. The van der Waals surface area contributed by atoms with E-state index in [0.29, 0.717) is 11.7 Å². The van der Waals surface area contributed by atoms with Crippen LogP contribution in [0.2, 0.25) is 0 Å². The topological polar surface area (TPSA) is 64.1 Å². The molecular weight excluding hydrogens is 302 g/mol. The first-order valence-corrected chi connectivity index (χ1v) is 7.77. The summed E-state index contributed by atoms with van der Waals surface area (Å²) in [6.07, 6.45) is 0. The minimum Gasteiger partial charge on any atom is -0.467 e. The quantitative estimate of drug-likeness (QED) is 0.798. The average Bonchev–Trinajstić information content (AvgIpc) is 2.56. The Bertz CT molecular complexity index is 906. The first-order chi connectivity index (χ1) is 11.5. The molecule has 0 bridgehead atoms. The fourth-order valence-corrected chi connectivity index (χ4v) is 2.48. The van der Waals surface area contributed by atoms with E-state index in [0.717, 1.165) is 27.7 Å². The van der Waals surface area contributed by atoms with Crippen molar-refractivity contribution in [3.8, 4) is 5.88 Å². The molecule has 0 unspecified atom stereocenters. The molecule has 0 aliphatic rings. The van der Waals surface area contributed by atoms with Crippen LogP contribution in [0.4, 0.5) is 5.69 Å². The van der Waals surface area contributed by atoms with Gasteiger partial charge in [-0.2, -0.15) is 4.98 Å². The third-order valence-corrected chi connectivity index (χ3v) is 3.90. The van der Waals surface area contributed by atoms with Crippen molar-refractivity contribution in [1.29, 1.82) is 0 Å². The molecule has 24 heavy (non-hydrogen) atoms. The van der Waals surface area contributed by atoms with E-state index < -0.39 is 0 Å². The Kier molecular flexibility index (Phi) is 4.42. The van der Waals surface area contributed by atoms with Gasteiger partial charge in [0.25, 0.3) is 5.91 Å². The van der Waals surface area contributed by atoms with E-state index in [1.54, 1.807) is 6.92 Å². The molecule has 2 aromatic carbocycles. The zero-order valence-electron chi connectivity index (χ0n) is 14.0. The van der Waals surface area contributed by atoms with Crippen LogP contribution in [-0.2, 0) is 4.79 Å². The van der Waals surface area contributed by atoms with E-state index in [-0.39, 0.29) is 12.5 Å². The van der Waals surface area contributed by atoms with E-state index in [1.165, 1.54) is 0 Å². The maximum atomic E-state index is 12.2. The van der Waals surface area contributed by atoms with Crippen molar-refractivity contribution in [2.45, 2.75) is 20.8 Å². The molecule has 0 fully saturated rings. The Hall–Kier alpha value is -2.95. The maximum absolute atomic E-state index is 12.2. The molecule has 0 aliphatic heterocycles. The number of nitrogens with one attached hydrogen (secondary N) is 1. The molecule has 0 radical (unpaired) electrons. The second-order valence-electron chi connectivity index (χ2n) is 5.68. The lowest BCUT2D eigenvalue weighted by molar-refractivity contribution is -0.118. The molecule has 0 saturated heterocycles. The SMILES string of the molecule is Cc1nc(OCC(=O)Nc2cccc(C)c2C)c2ccccc2n1. The minimum absolute atomic E-state index is 0.103. The van der Waals surface area contributed by atoms with Gasteiger partial charge in [-0.15, -0.1) is 0 Å². The van der Waals surface area contributed by atoms with Crippen molar-refractivity contribution in [2.24, 2.45) is 0 Å². The van der Waals surface area contributed by atoms with Gasteiger partial charge in [-0.1, -0.05) is 24.3 Å². The zero-order valence-corrected chi connectivity index (χ0v) is 14.0. The monoisotopic (exact) mass is 321 g/mol. The second-order valence-corrected chi connectivity index (χ2v) is 5.68. The van der Waals surface area contributed by atoms with E-state index in [1.807, 2.05) is 56.3 Å². The normalized spacial score (nSPS) is 10.6. The van der Waals surface area contributed by atoms with Crippen molar-refractivity contribution in [3.63, 3.8) is 0 Å². The van der Waals surface area contributed by atoms with Crippen molar-refractivity contribution in [3.05, 3.63) is 59.4 Å². The van der Waals surface area contributed by atoms with Crippen molar-refractivity contribution < 1.29 is 9.53 Å². The Morgan fingerprint density at radius 1 is 1.04 bits per heavy atom. The lowest BCUT2D eigenvalue weighted by Gasteiger charge is -2.12. The summed E-state index contributed by atoms with van der Waals surface area (Å²) < 4.78 is 5.64. The van der Waals surface area contributed by atoms with Gasteiger partial charge in [0.05, 0.1) is 10.9 Å². The lowest BCUT2D eigenvalue weighted by atomic mass is 10.1. The number of carbonyl (C=O) groups is 1. The minimum atomic E-state index is -0.218. The summed E-state index contributed by atoms with van der Waals surface area (Å²) in [6.45, 7) is 5.69. The van der Waals surface area contributed by atoms with Crippen LogP contribution >= 0.6 is 0 Å². The smallest absolute Gasteiger partial charge is 0.262 e. The summed E-state index contributed by atoms with van der Waals surface area (Å²) in [6, 6.07) is 13.4. The highest BCUT2D eigenvalue weighted by Gasteiger charge is 2.10. The van der Waals surface area contributed by atoms with Crippen molar-refractivity contribution in [2.75, 3.05) is 11.9 Å². The summed E-state index contributed by atoms with van der Waals surface area (Å²) in [5.41, 5.74) is 3.78. The molecule has 1 amide bonds. The van der Waals surface area contributed by atoms with E-state index in [9.17, 15) is 4.79 Å². The average molecular weight is 321 g/mol. The summed E-state index contributed by atoms with van der Waals surface area (Å²) in [4.78, 5) is 20.9. The summed E-state index contributed by atoms with van der Waals surface area (Å²) in [5, 5.41) is 3.67. The number of benzene rings is 2. The summed E-state index contributed by atoms with van der Waals surface area (Å²) in [7, 11) is 0.